The Bertz CT molecular complexity index is 457. The largest absolute Gasteiger partial charge is 0.305 e. The minimum absolute atomic E-state index is 0.152. The van der Waals surface area contributed by atoms with Crippen LogP contribution in [0, 0.1) is 0 Å². The van der Waals surface area contributed by atoms with E-state index in [4.69, 9.17) is 0 Å². The third-order valence-electron chi connectivity index (χ3n) is 3.05. The van der Waals surface area contributed by atoms with E-state index in [1.807, 2.05) is 10.7 Å². The van der Waals surface area contributed by atoms with E-state index in [1.54, 1.807) is 6.92 Å². The molecule has 0 bridgehead atoms. The fraction of sp³-hybridized carbons (Fsp3) is 0.500. The molecule has 0 unspecified atom stereocenters. The number of carbonyl (C=O) groups is 1. The number of hydrogen-bond acceptors (Lipinski definition) is 2. The summed E-state index contributed by atoms with van der Waals surface area (Å²) in [6, 6.07) is 1.95. The average molecular weight is 219 g/mol. The van der Waals surface area contributed by atoms with Crippen LogP contribution in [-0.4, -0.2) is 15.7 Å². The summed E-state index contributed by atoms with van der Waals surface area (Å²) in [5.74, 6) is 0.449. The van der Waals surface area contributed by atoms with Crippen molar-refractivity contribution >= 4 is 11.7 Å². The van der Waals surface area contributed by atoms with Crippen LogP contribution in [0.4, 0.5) is 5.82 Å². The molecule has 1 aliphatic heterocycles. The van der Waals surface area contributed by atoms with Gasteiger partial charge in [0, 0.05) is 29.3 Å². The quantitative estimate of drug-likeness (QED) is 0.774. The van der Waals surface area contributed by atoms with Gasteiger partial charge in [0.15, 0.2) is 5.82 Å². The summed E-state index contributed by atoms with van der Waals surface area (Å²) < 4.78 is 1.97. The molecule has 0 aromatic carbocycles. The van der Waals surface area contributed by atoms with Gasteiger partial charge >= 0.3 is 0 Å². The van der Waals surface area contributed by atoms with Gasteiger partial charge in [0.2, 0.25) is 0 Å². The maximum absolute atomic E-state index is 11.4. The Morgan fingerprint density at radius 1 is 1.62 bits per heavy atom. The first kappa shape index (κ1) is 10.9. The van der Waals surface area contributed by atoms with Crippen molar-refractivity contribution in [2.75, 3.05) is 5.32 Å². The van der Waals surface area contributed by atoms with Crippen molar-refractivity contribution < 1.29 is 4.79 Å². The molecule has 0 atom stereocenters. The molecule has 0 saturated heterocycles. The van der Waals surface area contributed by atoms with E-state index in [9.17, 15) is 4.79 Å². The van der Waals surface area contributed by atoms with Crippen molar-refractivity contribution in [3.63, 3.8) is 0 Å². The molecule has 1 amide bonds. The monoisotopic (exact) mass is 219 g/mol. The number of hydrogen-bond donors (Lipinski definition) is 1. The maximum atomic E-state index is 11.4. The van der Waals surface area contributed by atoms with Gasteiger partial charge in [-0.05, 0) is 13.3 Å². The smallest absolute Gasteiger partial charge is 0.251 e. The van der Waals surface area contributed by atoms with Gasteiger partial charge in [0.25, 0.3) is 5.91 Å². The van der Waals surface area contributed by atoms with Crippen molar-refractivity contribution in [2.45, 2.75) is 39.2 Å². The van der Waals surface area contributed by atoms with Crippen LogP contribution in [0.3, 0.4) is 0 Å². The second-order valence-corrected chi connectivity index (χ2v) is 5.01. The van der Waals surface area contributed by atoms with Gasteiger partial charge < -0.3 is 5.32 Å². The predicted octanol–water partition coefficient (Wildman–Crippen LogP) is 2.08. The molecule has 0 saturated carbocycles. The molecule has 0 fully saturated rings. The summed E-state index contributed by atoms with van der Waals surface area (Å²) >= 11 is 0. The van der Waals surface area contributed by atoms with Crippen molar-refractivity contribution in [3.05, 3.63) is 23.9 Å². The standard InChI is InChI=1S/C12H17N3O/c1-8(2)11(16)13-10-7-9-12(3,4)5-6-15(9)14-10/h7H,1,5-6H2,2-4H3,(H,13,14,16). The lowest BCUT2D eigenvalue weighted by atomic mass is 9.89. The second-order valence-electron chi connectivity index (χ2n) is 5.01. The first-order valence-electron chi connectivity index (χ1n) is 5.45. The highest BCUT2D eigenvalue weighted by atomic mass is 16.1. The molecular weight excluding hydrogens is 202 g/mol. The number of aryl methyl sites for hydroxylation is 1. The number of rotatable bonds is 2. The minimum atomic E-state index is -0.172. The SMILES string of the molecule is C=C(C)C(=O)Nc1cc2n(n1)CCC2(C)C. The molecule has 1 aromatic rings. The molecule has 0 spiro atoms. The second kappa shape index (κ2) is 3.47. The Hall–Kier alpha value is -1.58. The molecule has 2 rings (SSSR count). The van der Waals surface area contributed by atoms with Crippen molar-refractivity contribution in [1.82, 2.24) is 9.78 Å². The van der Waals surface area contributed by atoms with E-state index >= 15 is 0 Å². The van der Waals surface area contributed by atoms with Gasteiger partial charge in [-0.25, -0.2) is 0 Å². The highest BCUT2D eigenvalue weighted by Gasteiger charge is 2.31. The van der Waals surface area contributed by atoms with Crippen LogP contribution in [0.25, 0.3) is 0 Å². The highest BCUT2D eigenvalue weighted by Crippen LogP contribution is 2.34. The Morgan fingerprint density at radius 2 is 2.31 bits per heavy atom. The summed E-state index contributed by atoms with van der Waals surface area (Å²) in [5, 5.41) is 7.09. The number of amides is 1. The lowest BCUT2D eigenvalue weighted by Crippen LogP contribution is -2.13. The molecule has 0 radical (unpaired) electrons. The number of anilines is 1. The highest BCUT2D eigenvalue weighted by molar-refractivity contribution is 6.02. The Morgan fingerprint density at radius 3 is 2.88 bits per heavy atom. The van der Waals surface area contributed by atoms with Gasteiger partial charge in [-0.15, -0.1) is 0 Å². The Balaban J connectivity index is 2.21. The first-order chi connectivity index (χ1) is 7.40. The summed E-state index contributed by atoms with van der Waals surface area (Å²) in [6.07, 6.45) is 1.10. The Kier molecular flexibility index (Phi) is 2.37. The molecule has 86 valence electrons. The molecule has 16 heavy (non-hydrogen) atoms. The topological polar surface area (TPSA) is 46.9 Å². The zero-order valence-electron chi connectivity index (χ0n) is 10.0. The number of aromatic nitrogens is 2. The molecule has 4 nitrogen and oxygen atoms in total. The van der Waals surface area contributed by atoms with Gasteiger partial charge in [-0.3, -0.25) is 9.48 Å². The van der Waals surface area contributed by atoms with E-state index in [1.165, 1.54) is 5.69 Å². The summed E-state index contributed by atoms with van der Waals surface area (Å²) in [5.41, 5.74) is 1.83. The molecule has 1 aromatic heterocycles. The molecule has 1 aliphatic rings. The molecule has 2 heterocycles. The summed E-state index contributed by atoms with van der Waals surface area (Å²) in [7, 11) is 0. The fourth-order valence-electron chi connectivity index (χ4n) is 1.93. The van der Waals surface area contributed by atoms with Crippen LogP contribution in [0.1, 0.15) is 32.9 Å². The van der Waals surface area contributed by atoms with Crippen molar-refractivity contribution in [2.24, 2.45) is 0 Å². The van der Waals surface area contributed by atoms with Gasteiger partial charge in [-0.1, -0.05) is 20.4 Å². The van der Waals surface area contributed by atoms with E-state index in [-0.39, 0.29) is 11.3 Å². The minimum Gasteiger partial charge on any atom is -0.305 e. The number of fused-ring (bicyclic) bond motifs is 1. The molecular formula is C12H17N3O. The van der Waals surface area contributed by atoms with E-state index in [2.05, 4.69) is 30.8 Å². The third-order valence-corrected chi connectivity index (χ3v) is 3.05. The van der Waals surface area contributed by atoms with E-state index in [0.29, 0.717) is 11.4 Å². The van der Waals surface area contributed by atoms with E-state index in [0.717, 1.165) is 13.0 Å². The number of carbonyl (C=O) groups excluding carboxylic acids is 1. The number of nitrogens with zero attached hydrogens (tertiary/aromatic N) is 2. The van der Waals surface area contributed by atoms with Crippen LogP contribution in [-0.2, 0) is 16.8 Å². The van der Waals surface area contributed by atoms with Crippen LogP contribution in [0.2, 0.25) is 0 Å². The van der Waals surface area contributed by atoms with Crippen LogP contribution >= 0.6 is 0 Å². The van der Waals surface area contributed by atoms with E-state index < -0.39 is 0 Å². The maximum Gasteiger partial charge on any atom is 0.251 e. The number of nitrogens with one attached hydrogen (secondary N) is 1. The summed E-state index contributed by atoms with van der Waals surface area (Å²) in [6.45, 7) is 10.6. The molecule has 0 aliphatic carbocycles. The predicted molar refractivity (Wildman–Crippen MR) is 63.3 cm³/mol. The zero-order valence-corrected chi connectivity index (χ0v) is 10.0. The third kappa shape index (κ3) is 1.75. The van der Waals surface area contributed by atoms with Gasteiger partial charge in [0.1, 0.15) is 0 Å². The fourth-order valence-corrected chi connectivity index (χ4v) is 1.93. The van der Waals surface area contributed by atoms with Gasteiger partial charge in [-0.2, -0.15) is 5.10 Å². The van der Waals surface area contributed by atoms with Crippen LogP contribution < -0.4 is 5.32 Å². The van der Waals surface area contributed by atoms with Crippen molar-refractivity contribution in [1.29, 1.82) is 0 Å². The summed E-state index contributed by atoms with van der Waals surface area (Å²) in [4.78, 5) is 11.4. The lowest BCUT2D eigenvalue weighted by molar-refractivity contribution is -0.112. The first-order valence-corrected chi connectivity index (χ1v) is 5.45. The molecule has 4 heteroatoms. The normalized spacial score (nSPS) is 16.9. The molecule has 1 N–H and O–H groups in total. The van der Waals surface area contributed by atoms with Crippen LogP contribution in [0.5, 0.6) is 0 Å². The average Bonchev–Trinajstić information content (AvgIpc) is 2.68. The van der Waals surface area contributed by atoms with Crippen molar-refractivity contribution in [3.8, 4) is 0 Å². The van der Waals surface area contributed by atoms with Crippen LogP contribution in [0.15, 0.2) is 18.2 Å². The van der Waals surface area contributed by atoms with Gasteiger partial charge in [0.05, 0.1) is 0 Å². The lowest BCUT2D eigenvalue weighted by Gasteiger charge is -2.14. The Labute approximate surface area is 95.3 Å². The zero-order chi connectivity index (χ0) is 11.9.